The number of amides is 1. The highest BCUT2D eigenvalue weighted by Crippen LogP contribution is 2.17. The summed E-state index contributed by atoms with van der Waals surface area (Å²) in [6, 6.07) is 15.0. The molecule has 0 unspecified atom stereocenters. The van der Waals surface area contributed by atoms with Gasteiger partial charge in [0.15, 0.2) is 0 Å². The predicted octanol–water partition coefficient (Wildman–Crippen LogP) is 2.99. The lowest BCUT2D eigenvalue weighted by molar-refractivity contribution is -0.111. The molecule has 4 nitrogen and oxygen atoms in total. The molecule has 0 saturated heterocycles. The van der Waals surface area contributed by atoms with Crippen LogP contribution in [-0.4, -0.2) is 20.0 Å². The number of benzene rings is 2. The number of rotatable bonds is 4. The fourth-order valence-electron chi connectivity index (χ4n) is 1.82. The van der Waals surface area contributed by atoms with Crippen LogP contribution in [0.1, 0.15) is 5.56 Å². The smallest absolute Gasteiger partial charge is 0.248 e. The van der Waals surface area contributed by atoms with Gasteiger partial charge >= 0.3 is 0 Å². The Morgan fingerprint density at radius 1 is 1.14 bits per heavy atom. The summed E-state index contributed by atoms with van der Waals surface area (Å²) in [4.78, 5) is 13.9. The van der Waals surface area contributed by atoms with Crippen LogP contribution in [0.4, 0.5) is 17.1 Å². The molecule has 0 fully saturated rings. The SMILES string of the molecule is CN(C)c1cccc(NC(=O)/C=C/c2ccc(N)cc2)c1. The van der Waals surface area contributed by atoms with Gasteiger partial charge in [0, 0.05) is 37.2 Å². The second-order valence-electron chi connectivity index (χ2n) is 4.93. The summed E-state index contributed by atoms with van der Waals surface area (Å²) >= 11 is 0. The van der Waals surface area contributed by atoms with Crippen molar-refractivity contribution in [2.24, 2.45) is 0 Å². The molecule has 2 rings (SSSR count). The highest BCUT2D eigenvalue weighted by molar-refractivity contribution is 6.02. The number of nitrogens with one attached hydrogen (secondary N) is 1. The summed E-state index contributed by atoms with van der Waals surface area (Å²) in [6.45, 7) is 0. The number of hydrogen-bond acceptors (Lipinski definition) is 3. The summed E-state index contributed by atoms with van der Waals surface area (Å²) in [7, 11) is 3.92. The molecule has 0 bridgehead atoms. The lowest BCUT2D eigenvalue weighted by Gasteiger charge is -2.13. The molecule has 4 heteroatoms. The maximum absolute atomic E-state index is 11.9. The zero-order chi connectivity index (χ0) is 15.2. The summed E-state index contributed by atoms with van der Waals surface area (Å²) in [6.07, 6.45) is 3.26. The Hall–Kier alpha value is -2.75. The van der Waals surface area contributed by atoms with Gasteiger partial charge in [0.25, 0.3) is 0 Å². The van der Waals surface area contributed by atoms with Gasteiger partial charge in [0.2, 0.25) is 5.91 Å². The standard InChI is InChI=1S/C17H19N3O/c1-20(2)16-5-3-4-15(12-16)19-17(21)11-8-13-6-9-14(18)10-7-13/h3-12H,18H2,1-2H3,(H,19,21)/b11-8+. The van der Waals surface area contributed by atoms with Crippen LogP contribution >= 0.6 is 0 Å². The minimum atomic E-state index is -0.164. The summed E-state index contributed by atoms with van der Waals surface area (Å²) in [5.74, 6) is -0.164. The Bertz CT molecular complexity index is 645. The van der Waals surface area contributed by atoms with E-state index < -0.39 is 0 Å². The first-order valence-electron chi connectivity index (χ1n) is 6.66. The van der Waals surface area contributed by atoms with Gasteiger partial charge in [-0.3, -0.25) is 4.79 Å². The second-order valence-corrected chi connectivity index (χ2v) is 4.93. The van der Waals surface area contributed by atoms with Crippen molar-refractivity contribution in [1.82, 2.24) is 0 Å². The van der Waals surface area contributed by atoms with Crippen molar-refractivity contribution in [2.75, 3.05) is 30.0 Å². The number of nitrogens with two attached hydrogens (primary N) is 1. The molecule has 0 saturated carbocycles. The fraction of sp³-hybridized carbons (Fsp3) is 0.118. The van der Waals surface area contributed by atoms with Crippen LogP contribution < -0.4 is 16.0 Å². The van der Waals surface area contributed by atoms with Gasteiger partial charge < -0.3 is 16.0 Å². The van der Waals surface area contributed by atoms with Crippen LogP contribution in [0, 0.1) is 0 Å². The molecular weight excluding hydrogens is 262 g/mol. The van der Waals surface area contributed by atoms with E-state index in [0.717, 1.165) is 16.9 Å². The first kappa shape index (κ1) is 14.7. The average molecular weight is 281 g/mol. The van der Waals surface area contributed by atoms with Crippen molar-refractivity contribution in [3.05, 3.63) is 60.2 Å². The van der Waals surface area contributed by atoms with E-state index in [9.17, 15) is 4.79 Å². The van der Waals surface area contributed by atoms with Gasteiger partial charge in [0.05, 0.1) is 0 Å². The maximum atomic E-state index is 11.9. The van der Waals surface area contributed by atoms with Crippen LogP contribution in [0.25, 0.3) is 6.08 Å². The highest BCUT2D eigenvalue weighted by atomic mass is 16.1. The molecular formula is C17H19N3O. The lowest BCUT2D eigenvalue weighted by Crippen LogP contribution is -2.11. The largest absolute Gasteiger partial charge is 0.399 e. The number of hydrogen-bond donors (Lipinski definition) is 2. The van der Waals surface area contributed by atoms with Crippen LogP contribution in [0.15, 0.2) is 54.6 Å². The first-order chi connectivity index (χ1) is 10.0. The molecule has 1 amide bonds. The number of nitrogens with zero attached hydrogens (tertiary/aromatic N) is 1. The van der Waals surface area contributed by atoms with Crippen molar-refractivity contribution in [3.63, 3.8) is 0 Å². The minimum Gasteiger partial charge on any atom is -0.399 e. The average Bonchev–Trinajstić information content (AvgIpc) is 2.47. The Kier molecular flexibility index (Phi) is 4.61. The summed E-state index contributed by atoms with van der Waals surface area (Å²) in [5.41, 5.74) is 9.06. The number of carbonyl (C=O) groups excluding carboxylic acids is 1. The molecule has 0 atom stereocenters. The third kappa shape index (κ3) is 4.38. The quantitative estimate of drug-likeness (QED) is 0.669. The van der Waals surface area contributed by atoms with Crippen LogP contribution in [0.5, 0.6) is 0 Å². The second kappa shape index (κ2) is 6.61. The van der Waals surface area contributed by atoms with Crippen molar-refractivity contribution >= 4 is 29.0 Å². The molecule has 0 aliphatic rings. The number of carbonyl (C=O) groups is 1. The minimum absolute atomic E-state index is 0.164. The Morgan fingerprint density at radius 2 is 1.86 bits per heavy atom. The van der Waals surface area contributed by atoms with E-state index in [0.29, 0.717) is 5.69 Å². The Morgan fingerprint density at radius 3 is 2.52 bits per heavy atom. The Labute approximate surface area is 124 Å². The van der Waals surface area contributed by atoms with Gasteiger partial charge in [-0.05, 0) is 42.0 Å². The zero-order valence-electron chi connectivity index (χ0n) is 12.2. The van der Waals surface area contributed by atoms with Crippen LogP contribution in [0.2, 0.25) is 0 Å². The van der Waals surface area contributed by atoms with E-state index in [4.69, 9.17) is 5.73 Å². The molecule has 108 valence electrons. The van der Waals surface area contributed by atoms with Crippen LogP contribution in [-0.2, 0) is 4.79 Å². The highest BCUT2D eigenvalue weighted by Gasteiger charge is 2.00. The maximum Gasteiger partial charge on any atom is 0.248 e. The predicted molar refractivity (Wildman–Crippen MR) is 89.3 cm³/mol. The van der Waals surface area contributed by atoms with Crippen molar-refractivity contribution in [1.29, 1.82) is 0 Å². The monoisotopic (exact) mass is 281 g/mol. The third-order valence-electron chi connectivity index (χ3n) is 2.99. The molecule has 3 N–H and O–H groups in total. The van der Waals surface area contributed by atoms with E-state index in [-0.39, 0.29) is 5.91 Å². The molecule has 0 aliphatic heterocycles. The molecule has 0 aliphatic carbocycles. The molecule has 0 aromatic heterocycles. The number of nitrogen functional groups attached to an aromatic ring is 1. The van der Waals surface area contributed by atoms with Gasteiger partial charge in [-0.1, -0.05) is 18.2 Å². The summed E-state index contributed by atoms with van der Waals surface area (Å²) in [5, 5.41) is 2.84. The topological polar surface area (TPSA) is 58.4 Å². The van der Waals surface area contributed by atoms with Crippen molar-refractivity contribution < 1.29 is 4.79 Å². The molecule has 2 aromatic rings. The molecule has 2 aromatic carbocycles. The van der Waals surface area contributed by atoms with E-state index in [1.807, 2.05) is 55.4 Å². The zero-order valence-corrected chi connectivity index (χ0v) is 12.2. The van der Waals surface area contributed by atoms with Gasteiger partial charge in [-0.25, -0.2) is 0 Å². The summed E-state index contributed by atoms with van der Waals surface area (Å²) < 4.78 is 0. The molecule has 0 spiro atoms. The van der Waals surface area contributed by atoms with Crippen molar-refractivity contribution in [3.8, 4) is 0 Å². The van der Waals surface area contributed by atoms with Gasteiger partial charge in [0.1, 0.15) is 0 Å². The first-order valence-corrected chi connectivity index (χ1v) is 6.66. The van der Waals surface area contributed by atoms with Crippen molar-refractivity contribution in [2.45, 2.75) is 0 Å². The van der Waals surface area contributed by atoms with E-state index in [1.165, 1.54) is 6.08 Å². The molecule has 21 heavy (non-hydrogen) atoms. The lowest BCUT2D eigenvalue weighted by atomic mass is 10.2. The number of anilines is 3. The molecule has 0 heterocycles. The van der Waals surface area contributed by atoms with E-state index in [1.54, 1.807) is 18.2 Å². The fourth-order valence-corrected chi connectivity index (χ4v) is 1.82. The third-order valence-corrected chi connectivity index (χ3v) is 2.99. The van der Waals surface area contributed by atoms with Gasteiger partial charge in [-0.15, -0.1) is 0 Å². The molecule has 0 radical (unpaired) electrons. The van der Waals surface area contributed by atoms with E-state index in [2.05, 4.69) is 5.32 Å². The van der Waals surface area contributed by atoms with Gasteiger partial charge in [-0.2, -0.15) is 0 Å². The van der Waals surface area contributed by atoms with Crippen LogP contribution in [0.3, 0.4) is 0 Å². The normalized spacial score (nSPS) is 10.6. The Balaban J connectivity index is 2.01. The van der Waals surface area contributed by atoms with E-state index >= 15 is 0 Å².